The second kappa shape index (κ2) is 6.03. The summed E-state index contributed by atoms with van der Waals surface area (Å²) in [6, 6.07) is 8.34. The minimum absolute atomic E-state index is 0.0302. The molecule has 0 unspecified atom stereocenters. The number of halogens is 2. The Morgan fingerprint density at radius 2 is 1.90 bits per heavy atom. The maximum atomic E-state index is 13.0. The summed E-state index contributed by atoms with van der Waals surface area (Å²) in [5.74, 6) is 0.155. The number of sulfonamides is 1. The van der Waals surface area contributed by atoms with Crippen LogP contribution in [0, 0.1) is 12.7 Å². The quantitative estimate of drug-likeness (QED) is 0.888. The molecule has 0 heterocycles. The second-order valence-electron chi connectivity index (χ2n) is 4.36. The van der Waals surface area contributed by atoms with Gasteiger partial charge in [0.25, 0.3) is 10.0 Å². The van der Waals surface area contributed by atoms with Crippen molar-refractivity contribution in [2.45, 2.75) is 11.8 Å². The van der Waals surface area contributed by atoms with Crippen molar-refractivity contribution in [3.8, 4) is 5.75 Å². The predicted octanol–water partition coefficient (Wildman–Crippen LogP) is 3.71. The second-order valence-corrected chi connectivity index (χ2v) is 6.87. The van der Waals surface area contributed by atoms with Crippen LogP contribution in [0.25, 0.3) is 0 Å². The summed E-state index contributed by atoms with van der Waals surface area (Å²) in [4.78, 5) is -0.0302. The van der Waals surface area contributed by atoms with Gasteiger partial charge in [-0.1, -0.05) is 0 Å². The molecule has 0 saturated heterocycles. The molecule has 0 amide bonds. The molecule has 0 aliphatic rings. The van der Waals surface area contributed by atoms with Gasteiger partial charge in [-0.05, 0) is 64.8 Å². The fraction of sp³-hybridized carbons (Fsp3) is 0.143. The van der Waals surface area contributed by atoms with Gasteiger partial charge in [0.15, 0.2) is 0 Å². The first kappa shape index (κ1) is 15.8. The zero-order chi connectivity index (χ0) is 15.6. The maximum absolute atomic E-state index is 13.0. The Morgan fingerprint density at radius 1 is 1.19 bits per heavy atom. The average Bonchev–Trinajstić information content (AvgIpc) is 2.37. The fourth-order valence-corrected chi connectivity index (χ4v) is 3.95. The number of ether oxygens (including phenoxy) is 1. The number of methoxy groups -OCH3 is 1. The summed E-state index contributed by atoms with van der Waals surface area (Å²) in [5.41, 5.74) is 1.21. The van der Waals surface area contributed by atoms with Crippen molar-refractivity contribution in [2.75, 3.05) is 11.8 Å². The molecule has 0 aromatic heterocycles. The average molecular weight is 374 g/mol. The van der Waals surface area contributed by atoms with Crippen LogP contribution in [0.1, 0.15) is 5.56 Å². The predicted molar refractivity (Wildman–Crippen MR) is 82.6 cm³/mol. The van der Waals surface area contributed by atoms with Gasteiger partial charge >= 0.3 is 0 Å². The molecule has 21 heavy (non-hydrogen) atoms. The van der Waals surface area contributed by atoms with Gasteiger partial charge in [0.05, 0.1) is 7.11 Å². The van der Waals surface area contributed by atoms with Crippen LogP contribution in [0.4, 0.5) is 10.1 Å². The first-order valence-corrected chi connectivity index (χ1v) is 8.23. The Hall–Kier alpha value is -1.60. The van der Waals surface area contributed by atoms with Crippen molar-refractivity contribution < 1.29 is 17.5 Å². The van der Waals surface area contributed by atoms with E-state index in [0.29, 0.717) is 11.4 Å². The molecule has 2 aromatic carbocycles. The normalized spacial score (nSPS) is 11.2. The van der Waals surface area contributed by atoms with E-state index >= 15 is 0 Å². The van der Waals surface area contributed by atoms with Crippen LogP contribution in [0.5, 0.6) is 5.75 Å². The van der Waals surface area contributed by atoms with Crippen LogP contribution < -0.4 is 9.46 Å². The molecule has 0 spiro atoms. The van der Waals surface area contributed by atoms with Gasteiger partial charge in [-0.15, -0.1) is 0 Å². The molecular weight excluding hydrogens is 361 g/mol. The van der Waals surface area contributed by atoms with E-state index in [9.17, 15) is 12.8 Å². The van der Waals surface area contributed by atoms with Gasteiger partial charge in [-0.2, -0.15) is 0 Å². The third-order valence-electron chi connectivity index (χ3n) is 2.83. The summed E-state index contributed by atoms with van der Waals surface area (Å²) in [6.07, 6.45) is 0. The van der Waals surface area contributed by atoms with E-state index in [-0.39, 0.29) is 9.37 Å². The third kappa shape index (κ3) is 3.54. The fourth-order valence-electron chi connectivity index (χ4n) is 1.85. The third-order valence-corrected chi connectivity index (χ3v) is 5.19. The smallest absolute Gasteiger partial charge is 0.263 e. The summed E-state index contributed by atoms with van der Waals surface area (Å²) >= 11 is 3.05. The van der Waals surface area contributed by atoms with E-state index in [1.165, 1.54) is 6.07 Å². The maximum Gasteiger partial charge on any atom is 0.263 e. The highest BCUT2D eigenvalue weighted by Gasteiger charge is 2.18. The number of aryl methyl sites for hydroxylation is 1. The molecule has 0 bridgehead atoms. The lowest BCUT2D eigenvalue weighted by atomic mass is 10.2. The standard InChI is InChI=1S/C14H13BrFNO3S/c1-9-7-11(4-5-13(9)20-2)17-21(18,19)14-6-3-10(16)8-12(14)15/h3-8,17H,1-2H3. The van der Waals surface area contributed by atoms with Crippen LogP contribution >= 0.6 is 15.9 Å². The monoisotopic (exact) mass is 373 g/mol. The van der Waals surface area contributed by atoms with Crippen LogP contribution in [0.3, 0.4) is 0 Å². The van der Waals surface area contributed by atoms with E-state index in [1.807, 2.05) is 6.92 Å². The highest BCUT2D eigenvalue weighted by molar-refractivity contribution is 9.10. The summed E-state index contributed by atoms with van der Waals surface area (Å²) < 4.78 is 45.4. The van der Waals surface area contributed by atoms with Gasteiger partial charge in [0, 0.05) is 10.2 Å². The van der Waals surface area contributed by atoms with Crippen LogP contribution in [-0.2, 0) is 10.0 Å². The molecule has 0 atom stereocenters. The SMILES string of the molecule is COc1ccc(NS(=O)(=O)c2ccc(F)cc2Br)cc1C. The topological polar surface area (TPSA) is 55.4 Å². The number of hydrogen-bond donors (Lipinski definition) is 1. The van der Waals surface area contributed by atoms with Gasteiger partial charge in [-0.3, -0.25) is 4.72 Å². The first-order chi connectivity index (χ1) is 9.83. The van der Waals surface area contributed by atoms with Crippen molar-refractivity contribution in [1.82, 2.24) is 0 Å². The van der Waals surface area contributed by atoms with Crippen molar-refractivity contribution >= 4 is 31.6 Å². The number of hydrogen-bond acceptors (Lipinski definition) is 3. The Bertz CT molecular complexity index is 778. The lowest BCUT2D eigenvalue weighted by Crippen LogP contribution is -2.13. The molecular formula is C14H13BrFNO3S. The number of benzene rings is 2. The molecule has 2 rings (SSSR count). The van der Waals surface area contributed by atoms with E-state index < -0.39 is 15.8 Å². The molecule has 4 nitrogen and oxygen atoms in total. The van der Waals surface area contributed by atoms with E-state index in [4.69, 9.17) is 4.74 Å². The summed E-state index contributed by atoms with van der Waals surface area (Å²) in [5, 5.41) is 0. The van der Waals surface area contributed by atoms with Crippen molar-refractivity contribution in [1.29, 1.82) is 0 Å². The molecule has 0 aliphatic carbocycles. The largest absolute Gasteiger partial charge is 0.496 e. The minimum atomic E-state index is -3.80. The van der Waals surface area contributed by atoms with E-state index in [1.54, 1.807) is 25.3 Å². The minimum Gasteiger partial charge on any atom is -0.496 e. The Morgan fingerprint density at radius 3 is 2.48 bits per heavy atom. The van der Waals surface area contributed by atoms with E-state index in [2.05, 4.69) is 20.7 Å². The number of anilines is 1. The van der Waals surface area contributed by atoms with Gasteiger partial charge in [0.1, 0.15) is 16.5 Å². The molecule has 1 N–H and O–H groups in total. The van der Waals surface area contributed by atoms with Crippen LogP contribution in [-0.4, -0.2) is 15.5 Å². The van der Waals surface area contributed by atoms with Crippen LogP contribution in [0.2, 0.25) is 0 Å². The molecule has 7 heteroatoms. The van der Waals surface area contributed by atoms with Crippen molar-refractivity contribution in [3.05, 3.63) is 52.3 Å². The molecule has 2 aromatic rings. The summed E-state index contributed by atoms with van der Waals surface area (Å²) in [7, 11) is -2.26. The molecule has 0 radical (unpaired) electrons. The van der Waals surface area contributed by atoms with Crippen molar-refractivity contribution in [2.24, 2.45) is 0 Å². The Kier molecular flexibility index (Phi) is 4.53. The van der Waals surface area contributed by atoms with Crippen molar-refractivity contribution in [3.63, 3.8) is 0 Å². The number of nitrogens with one attached hydrogen (secondary N) is 1. The molecule has 0 saturated carbocycles. The molecule has 0 fully saturated rings. The van der Waals surface area contributed by atoms with Crippen LogP contribution in [0.15, 0.2) is 45.8 Å². The highest BCUT2D eigenvalue weighted by atomic mass is 79.9. The van der Waals surface area contributed by atoms with Gasteiger partial charge in [0.2, 0.25) is 0 Å². The lowest BCUT2D eigenvalue weighted by molar-refractivity contribution is 0.412. The first-order valence-electron chi connectivity index (χ1n) is 5.96. The Labute approximate surface area is 131 Å². The lowest BCUT2D eigenvalue weighted by Gasteiger charge is -2.11. The zero-order valence-electron chi connectivity index (χ0n) is 11.4. The highest BCUT2D eigenvalue weighted by Crippen LogP contribution is 2.27. The van der Waals surface area contributed by atoms with Gasteiger partial charge < -0.3 is 4.74 Å². The summed E-state index contributed by atoms with van der Waals surface area (Å²) in [6.45, 7) is 1.81. The Balaban J connectivity index is 2.35. The van der Waals surface area contributed by atoms with E-state index in [0.717, 1.165) is 17.7 Å². The zero-order valence-corrected chi connectivity index (χ0v) is 13.8. The molecule has 112 valence electrons. The molecule has 0 aliphatic heterocycles. The number of rotatable bonds is 4. The van der Waals surface area contributed by atoms with Gasteiger partial charge in [-0.25, -0.2) is 12.8 Å².